The van der Waals surface area contributed by atoms with Gasteiger partial charge in [-0.2, -0.15) is 0 Å². The average molecular weight is 306 g/mol. The molecule has 104 valence electrons. The highest BCUT2D eigenvalue weighted by Gasteiger charge is 2.27. The number of hydrogen-bond acceptors (Lipinski definition) is 1. The second-order valence-electron chi connectivity index (χ2n) is 5.29. The van der Waals surface area contributed by atoms with Crippen molar-refractivity contribution >= 4 is 23.2 Å². The maximum atomic E-state index is 6.17. The molecule has 0 amide bonds. The van der Waals surface area contributed by atoms with E-state index < -0.39 is 0 Å². The van der Waals surface area contributed by atoms with E-state index in [1.54, 1.807) is 0 Å². The van der Waals surface area contributed by atoms with Gasteiger partial charge in [-0.05, 0) is 42.1 Å². The SMILES string of the molecule is Clc1ccc([C@@H]2CNCC[C@H]2c2ccccc2)cc1Cl. The van der Waals surface area contributed by atoms with Crippen LogP contribution in [0.2, 0.25) is 10.0 Å². The third kappa shape index (κ3) is 2.85. The Morgan fingerprint density at radius 3 is 2.40 bits per heavy atom. The van der Waals surface area contributed by atoms with Crippen LogP contribution in [-0.4, -0.2) is 13.1 Å². The van der Waals surface area contributed by atoms with Gasteiger partial charge in [0.1, 0.15) is 0 Å². The van der Waals surface area contributed by atoms with Crippen LogP contribution in [0.5, 0.6) is 0 Å². The summed E-state index contributed by atoms with van der Waals surface area (Å²) >= 11 is 12.2. The van der Waals surface area contributed by atoms with Crippen molar-refractivity contribution in [2.45, 2.75) is 18.3 Å². The van der Waals surface area contributed by atoms with Crippen molar-refractivity contribution < 1.29 is 0 Å². The fourth-order valence-electron chi connectivity index (χ4n) is 3.05. The number of piperidine rings is 1. The summed E-state index contributed by atoms with van der Waals surface area (Å²) < 4.78 is 0. The molecule has 2 aromatic rings. The normalized spacial score (nSPS) is 22.7. The summed E-state index contributed by atoms with van der Waals surface area (Å²) in [6.45, 7) is 2.05. The van der Waals surface area contributed by atoms with E-state index in [9.17, 15) is 0 Å². The second kappa shape index (κ2) is 6.17. The second-order valence-corrected chi connectivity index (χ2v) is 6.10. The molecule has 0 radical (unpaired) electrons. The van der Waals surface area contributed by atoms with Gasteiger partial charge in [0, 0.05) is 12.5 Å². The van der Waals surface area contributed by atoms with Gasteiger partial charge >= 0.3 is 0 Å². The summed E-state index contributed by atoms with van der Waals surface area (Å²) in [5, 5.41) is 4.75. The van der Waals surface area contributed by atoms with Gasteiger partial charge in [-0.3, -0.25) is 0 Å². The molecule has 1 fully saturated rings. The van der Waals surface area contributed by atoms with Crippen molar-refractivity contribution in [2.75, 3.05) is 13.1 Å². The van der Waals surface area contributed by atoms with E-state index in [1.807, 2.05) is 12.1 Å². The van der Waals surface area contributed by atoms with E-state index in [1.165, 1.54) is 11.1 Å². The Hall–Kier alpha value is -1.02. The van der Waals surface area contributed by atoms with Crippen LogP contribution in [0.25, 0.3) is 0 Å². The van der Waals surface area contributed by atoms with E-state index in [0.29, 0.717) is 21.9 Å². The third-order valence-corrected chi connectivity index (χ3v) is 4.82. The van der Waals surface area contributed by atoms with Crippen molar-refractivity contribution in [1.82, 2.24) is 5.32 Å². The summed E-state index contributed by atoms with van der Waals surface area (Å²) in [7, 11) is 0. The fourth-order valence-corrected chi connectivity index (χ4v) is 3.36. The molecule has 20 heavy (non-hydrogen) atoms. The molecule has 3 heteroatoms. The van der Waals surface area contributed by atoms with Gasteiger partial charge in [0.25, 0.3) is 0 Å². The average Bonchev–Trinajstić information content (AvgIpc) is 2.51. The molecule has 1 aliphatic heterocycles. The van der Waals surface area contributed by atoms with Crippen LogP contribution >= 0.6 is 23.2 Å². The highest BCUT2D eigenvalue weighted by atomic mass is 35.5. The predicted octanol–water partition coefficient (Wildman–Crippen LogP) is 4.85. The first-order chi connectivity index (χ1) is 9.75. The van der Waals surface area contributed by atoms with Gasteiger partial charge in [-0.15, -0.1) is 0 Å². The molecule has 0 bridgehead atoms. The maximum absolute atomic E-state index is 6.17. The van der Waals surface area contributed by atoms with E-state index in [0.717, 1.165) is 19.5 Å². The highest BCUT2D eigenvalue weighted by Crippen LogP contribution is 2.38. The number of benzene rings is 2. The topological polar surface area (TPSA) is 12.0 Å². The minimum absolute atomic E-state index is 0.445. The molecule has 2 aromatic carbocycles. The Bertz CT molecular complexity index is 583. The summed E-state index contributed by atoms with van der Waals surface area (Å²) in [5.74, 6) is 0.982. The number of nitrogens with one attached hydrogen (secondary N) is 1. The minimum atomic E-state index is 0.445. The molecule has 2 atom stereocenters. The molecule has 0 unspecified atom stereocenters. The first-order valence-corrected chi connectivity index (χ1v) is 7.72. The van der Waals surface area contributed by atoms with E-state index in [2.05, 4.69) is 41.7 Å². The van der Waals surface area contributed by atoms with Gasteiger partial charge in [-0.1, -0.05) is 59.6 Å². The van der Waals surface area contributed by atoms with Crippen molar-refractivity contribution in [3.8, 4) is 0 Å². The van der Waals surface area contributed by atoms with Crippen LogP contribution in [0, 0.1) is 0 Å². The first-order valence-electron chi connectivity index (χ1n) is 6.96. The minimum Gasteiger partial charge on any atom is -0.316 e. The van der Waals surface area contributed by atoms with E-state index in [-0.39, 0.29) is 0 Å². The Morgan fingerprint density at radius 1 is 0.850 bits per heavy atom. The standard InChI is InChI=1S/C17H17Cl2N/c18-16-7-6-13(10-17(16)19)15-11-20-9-8-14(15)12-4-2-1-3-5-12/h1-7,10,14-15,20H,8-9,11H2/t14-,15-/m0/s1. The molecule has 1 N–H and O–H groups in total. The van der Waals surface area contributed by atoms with Gasteiger partial charge in [-0.25, -0.2) is 0 Å². The Morgan fingerprint density at radius 2 is 1.65 bits per heavy atom. The molecular formula is C17H17Cl2N. The third-order valence-electron chi connectivity index (χ3n) is 4.08. The smallest absolute Gasteiger partial charge is 0.0595 e. The molecule has 0 aliphatic carbocycles. The van der Waals surface area contributed by atoms with Gasteiger partial charge in [0.05, 0.1) is 10.0 Å². The molecule has 1 aliphatic rings. The zero-order valence-corrected chi connectivity index (χ0v) is 12.7. The maximum Gasteiger partial charge on any atom is 0.0595 e. The largest absolute Gasteiger partial charge is 0.316 e. The lowest BCUT2D eigenvalue weighted by molar-refractivity contribution is 0.404. The van der Waals surface area contributed by atoms with Crippen molar-refractivity contribution in [1.29, 1.82) is 0 Å². The van der Waals surface area contributed by atoms with Gasteiger partial charge < -0.3 is 5.32 Å². The van der Waals surface area contributed by atoms with E-state index in [4.69, 9.17) is 23.2 Å². The molecule has 0 saturated carbocycles. The lowest BCUT2D eigenvalue weighted by Crippen LogP contribution is -2.34. The van der Waals surface area contributed by atoms with E-state index >= 15 is 0 Å². The molecular weight excluding hydrogens is 289 g/mol. The van der Waals surface area contributed by atoms with Crippen molar-refractivity contribution in [3.05, 3.63) is 69.7 Å². The Labute approximate surface area is 129 Å². The number of hydrogen-bond donors (Lipinski definition) is 1. The Kier molecular flexibility index (Phi) is 4.30. The van der Waals surface area contributed by atoms with Crippen LogP contribution in [0.3, 0.4) is 0 Å². The quantitative estimate of drug-likeness (QED) is 0.836. The lowest BCUT2D eigenvalue weighted by Gasteiger charge is -2.33. The molecule has 1 nitrogen and oxygen atoms in total. The molecule has 0 aromatic heterocycles. The zero-order valence-electron chi connectivity index (χ0n) is 11.2. The monoisotopic (exact) mass is 305 g/mol. The molecule has 1 saturated heterocycles. The van der Waals surface area contributed by atoms with Gasteiger partial charge in [0.2, 0.25) is 0 Å². The summed E-state index contributed by atoms with van der Waals surface area (Å²) in [6, 6.07) is 16.8. The summed E-state index contributed by atoms with van der Waals surface area (Å²) in [5.41, 5.74) is 2.67. The zero-order chi connectivity index (χ0) is 13.9. The number of halogens is 2. The van der Waals surface area contributed by atoms with Crippen molar-refractivity contribution in [3.63, 3.8) is 0 Å². The number of rotatable bonds is 2. The van der Waals surface area contributed by atoms with Crippen LogP contribution in [0.4, 0.5) is 0 Å². The molecule has 3 rings (SSSR count). The van der Waals surface area contributed by atoms with Crippen LogP contribution < -0.4 is 5.32 Å². The lowest BCUT2D eigenvalue weighted by atomic mass is 9.77. The van der Waals surface area contributed by atoms with Gasteiger partial charge in [0.15, 0.2) is 0 Å². The molecule has 0 spiro atoms. The summed E-state index contributed by atoms with van der Waals surface area (Å²) in [4.78, 5) is 0. The van der Waals surface area contributed by atoms with Crippen LogP contribution in [0.15, 0.2) is 48.5 Å². The summed E-state index contributed by atoms with van der Waals surface area (Å²) in [6.07, 6.45) is 1.15. The highest BCUT2D eigenvalue weighted by molar-refractivity contribution is 6.42. The Balaban J connectivity index is 1.94. The van der Waals surface area contributed by atoms with Crippen LogP contribution in [-0.2, 0) is 0 Å². The fraction of sp³-hybridized carbons (Fsp3) is 0.294. The first kappa shape index (κ1) is 13.9. The predicted molar refractivity (Wildman–Crippen MR) is 85.9 cm³/mol. The van der Waals surface area contributed by atoms with Crippen molar-refractivity contribution in [2.24, 2.45) is 0 Å². The molecule has 1 heterocycles. The van der Waals surface area contributed by atoms with Crippen LogP contribution in [0.1, 0.15) is 29.4 Å².